The van der Waals surface area contributed by atoms with Crippen molar-refractivity contribution in [2.75, 3.05) is 0 Å². The molecule has 6 heteroatoms. The van der Waals surface area contributed by atoms with E-state index in [9.17, 15) is 19.8 Å². The number of rotatable bonds is 7. The number of carbonyl (C=O) groups excluding carboxylic acids is 1. The van der Waals surface area contributed by atoms with Gasteiger partial charge in [0.05, 0.1) is 5.56 Å². The molecule has 36 heavy (non-hydrogen) atoms. The number of aromatic hydroxyl groups is 2. The maximum Gasteiger partial charge on any atom is 0.343 e. The van der Waals surface area contributed by atoms with Crippen LogP contribution in [0.2, 0.25) is 0 Å². The molecule has 3 N–H and O–H groups in total. The molecule has 4 rings (SSSR count). The molecule has 4 aromatic carbocycles. The first kappa shape index (κ1) is 24.0. The van der Waals surface area contributed by atoms with Crippen molar-refractivity contribution in [2.45, 2.75) is 0 Å². The average Bonchev–Trinajstić information content (AvgIpc) is 2.87. The van der Waals surface area contributed by atoms with Crippen molar-refractivity contribution >= 4 is 36.2 Å². The van der Waals surface area contributed by atoms with E-state index in [1.54, 1.807) is 60.7 Å². The number of carbonyl (C=O) groups is 2. The second-order valence-corrected chi connectivity index (χ2v) is 7.93. The van der Waals surface area contributed by atoms with E-state index < -0.39 is 11.9 Å². The van der Waals surface area contributed by atoms with E-state index in [-0.39, 0.29) is 22.6 Å². The van der Waals surface area contributed by atoms with Crippen LogP contribution in [0.1, 0.15) is 43.0 Å². The van der Waals surface area contributed by atoms with Crippen LogP contribution in [0.15, 0.2) is 91.0 Å². The summed E-state index contributed by atoms with van der Waals surface area (Å²) in [5.41, 5.74) is 2.95. The highest BCUT2D eigenvalue weighted by molar-refractivity contribution is 5.93. The van der Waals surface area contributed by atoms with Gasteiger partial charge < -0.3 is 20.1 Å². The Kier molecular flexibility index (Phi) is 7.27. The molecule has 0 aliphatic rings. The Morgan fingerprint density at radius 1 is 0.639 bits per heavy atom. The minimum atomic E-state index is -1.22. The number of carboxylic acids is 1. The van der Waals surface area contributed by atoms with Crippen LogP contribution in [-0.2, 0) is 0 Å². The summed E-state index contributed by atoms with van der Waals surface area (Å²) in [6.07, 6.45) is 7.10. The number of hydrogen-bond acceptors (Lipinski definition) is 5. The van der Waals surface area contributed by atoms with E-state index in [1.165, 1.54) is 18.2 Å². The molecule has 0 amide bonds. The predicted octanol–water partition coefficient (Wildman–Crippen LogP) is 6.36. The molecule has 0 saturated carbocycles. The Morgan fingerprint density at radius 2 is 1.31 bits per heavy atom. The summed E-state index contributed by atoms with van der Waals surface area (Å²) in [4.78, 5) is 24.0. The van der Waals surface area contributed by atoms with Gasteiger partial charge in [0.2, 0.25) is 0 Å². The molecule has 0 atom stereocenters. The monoisotopic (exact) mass is 478 g/mol. The normalized spacial score (nSPS) is 11.1. The minimum Gasteiger partial charge on any atom is -0.508 e. The van der Waals surface area contributed by atoms with Gasteiger partial charge in [-0.05, 0) is 64.7 Å². The number of aromatic carboxylic acids is 1. The maximum absolute atomic E-state index is 12.8. The zero-order valence-electron chi connectivity index (χ0n) is 19.0. The van der Waals surface area contributed by atoms with E-state index in [1.807, 2.05) is 36.4 Å². The molecule has 0 radical (unpaired) electrons. The van der Waals surface area contributed by atoms with Gasteiger partial charge in [0.15, 0.2) is 0 Å². The van der Waals surface area contributed by atoms with Gasteiger partial charge in [-0.25, -0.2) is 9.59 Å². The average molecular weight is 479 g/mol. The van der Waals surface area contributed by atoms with Crippen molar-refractivity contribution in [3.63, 3.8) is 0 Å². The van der Waals surface area contributed by atoms with Crippen LogP contribution in [-0.4, -0.2) is 27.3 Å². The lowest BCUT2D eigenvalue weighted by Gasteiger charge is -2.07. The van der Waals surface area contributed by atoms with E-state index in [0.29, 0.717) is 22.4 Å². The van der Waals surface area contributed by atoms with Gasteiger partial charge in [-0.15, -0.1) is 0 Å². The summed E-state index contributed by atoms with van der Waals surface area (Å²) >= 11 is 0. The first-order chi connectivity index (χ1) is 17.4. The highest BCUT2D eigenvalue weighted by Gasteiger charge is 2.12. The van der Waals surface area contributed by atoms with Crippen molar-refractivity contribution in [3.8, 4) is 17.2 Å². The zero-order chi connectivity index (χ0) is 25.5. The van der Waals surface area contributed by atoms with E-state index >= 15 is 0 Å². The molecule has 0 bridgehead atoms. The Labute approximate surface area is 207 Å². The summed E-state index contributed by atoms with van der Waals surface area (Å²) in [6, 6.07) is 25.3. The fourth-order valence-electron chi connectivity index (χ4n) is 3.47. The van der Waals surface area contributed by atoms with Gasteiger partial charge in [-0.2, -0.15) is 0 Å². The number of carboxylic acid groups (broad SMARTS) is 1. The third-order valence-corrected chi connectivity index (χ3v) is 5.23. The van der Waals surface area contributed by atoms with Crippen LogP contribution in [0.25, 0.3) is 24.3 Å². The zero-order valence-corrected chi connectivity index (χ0v) is 19.0. The number of phenolic OH excluding ortho intramolecular Hbond substituents is 1. The summed E-state index contributed by atoms with van der Waals surface area (Å²) in [5.74, 6) is -1.89. The molecule has 0 aliphatic heterocycles. The molecule has 6 nitrogen and oxygen atoms in total. The fraction of sp³-hybridized carbons (Fsp3) is 0. The standard InChI is InChI=1S/C30H22O6/c31-25-16-23(12-9-20-5-2-1-3-6-20)15-24(19-25)30(35)36-26-8-4-7-21(17-26)10-11-22-13-14-28(32)27(18-22)29(33)34/h1-19,31-32H,(H,33,34)/b11-10+,12-9+. The van der Waals surface area contributed by atoms with Crippen molar-refractivity contribution in [1.82, 2.24) is 0 Å². The van der Waals surface area contributed by atoms with Gasteiger partial charge in [0.25, 0.3) is 0 Å². The van der Waals surface area contributed by atoms with Crippen LogP contribution in [0, 0.1) is 0 Å². The van der Waals surface area contributed by atoms with E-state index in [0.717, 1.165) is 5.56 Å². The van der Waals surface area contributed by atoms with Crippen LogP contribution in [0.3, 0.4) is 0 Å². The van der Waals surface area contributed by atoms with Crippen molar-refractivity contribution < 1.29 is 29.6 Å². The smallest absolute Gasteiger partial charge is 0.343 e. The highest BCUT2D eigenvalue weighted by atomic mass is 16.5. The van der Waals surface area contributed by atoms with E-state index in [2.05, 4.69) is 0 Å². The SMILES string of the molecule is O=C(Oc1cccc(/C=C/c2ccc(O)c(C(=O)O)c2)c1)c1cc(O)cc(/C=C/c2ccccc2)c1. The number of ether oxygens (including phenoxy) is 1. The number of benzene rings is 4. The quantitative estimate of drug-likeness (QED) is 0.162. The van der Waals surface area contributed by atoms with Crippen LogP contribution < -0.4 is 4.74 Å². The number of hydrogen-bond donors (Lipinski definition) is 3. The van der Waals surface area contributed by atoms with Crippen molar-refractivity contribution in [3.05, 3.63) is 124 Å². The third-order valence-electron chi connectivity index (χ3n) is 5.23. The van der Waals surface area contributed by atoms with Gasteiger partial charge >= 0.3 is 11.9 Å². The molecule has 0 saturated heterocycles. The molecule has 0 fully saturated rings. The highest BCUT2D eigenvalue weighted by Crippen LogP contribution is 2.23. The largest absolute Gasteiger partial charge is 0.508 e. The summed E-state index contributed by atoms with van der Waals surface area (Å²) < 4.78 is 5.51. The fourth-order valence-corrected chi connectivity index (χ4v) is 3.47. The van der Waals surface area contributed by atoms with E-state index in [4.69, 9.17) is 9.84 Å². The van der Waals surface area contributed by atoms with Crippen LogP contribution in [0.4, 0.5) is 0 Å². The van der Waals surface area contributed by atoms with Crippen molar-refractivity contribution in [1.29, 1.82) is 0 Å². The lowest BCUT2D eigenvalue weighted by atomic mass is 10.1. The number of esters is 1. The van der Waals surface area contributed by atoms with Gasteiger partial charge in [-0.3, -0.25) is 0 Å². The maximum atomic E-state index is 12.8. The Morgan fingerprint density at radius 3 is 2.06 bits per heavy atom. The first-order valence-electron chi connectivity index (χ1n) is 11.0. The summed E-state index contributed by atoms with van der Waals surface area (Å²) in [7, 11) is 0. The Hall–Kier alpha value is -5.10. The van der Waals surface area contributed by atoms with Gasteiger partial charge in [0, 0.05) is 0 Å². The number of phenols is 2. The molecule has 0 aliphatic carbocycles. The minimum absolute atomic E-state index is 0.0523. The molecule has 0 spiro atoms. The van der Waals surface area contributed by atoms with Gasteiger partial charge in [-0.1, -0.05) is 72.8 Å². The lowest BCUT2D eigenvalue weighted by Crippen LogP contribution is -2.08. The van der Waals surface area contributed by atoms with Crippen LogP contribution >= 0.6 is 0 Å². The van der Waals surface area contributed by atoms with Gasteiger partial charge in [0.1, 0.15) is 22.8 Å². The predicted molar refractivity (Wildman–Crippen MR) is 139 cm³/mol. The molecule has 0 unspecified atom stereocenters. The summed E-state index contributed by atoms with van der Waals surface area (Å²) in [6.45, 7) is 0. The second-order valence-electron chi connectivity index (χ2n) is 7.93. The molecular weight excluding hydrogens is 456 g/mol. The third kappa shape index (κ3) is 6.27. The molecule has 0 heterocycles. The molecule has 178 valence electrons. The molecular formula is C30H22O6. The van der Waals surface area contributed by atoms with Crippen molar-refractivity contribution in [2.24, 2.45) is 0 Å². The Bertz CT molecular complexity index is 1470. The molecule has 0 aromatic heterocycles. The second kappa shape index (κ2) is 10.9. The van der Waals surface area contributed by atoms with Crippen LogP contribution in [0.5, 0.6) is 17.2 Å². The molecule has 4 aromatic rings. The summed E-state index contributed by atoms with van der Waals surface area (Å²) in [5, 5.41) is 28.9. The topological polar surface area (TPSA) is 104 Å². The Balaban J connectivity index is 1.49. The first-order valence-corrected chi connectivity index (χ1v) is 11.0. The lowest BCUT2D eigenvalue weighted by molar-refractivity contribution is 0.0691.